The Hall–Kier alpha value is -1.82. The number of carbonyl (C=O) groups excluding carboxylic acids is 3. The van der Waals surface area contributed by atoms with E-state index in [1.54, 1.807) is 24.3 Å². The lowest BCUT2D eigenvalue weighted by Gasteiger charge is -2.20. The molecule has 1 aromatic carbocycles. The Balaban J connectivity index is 1.32. The van der Waals surface area contributed by atoms with E-state index < -0.39 is 0 Å². The van der Waals surface area contributed by atoms with Crippen molar-refractivity contribution in [3.05, 3.63) is 35.4 Å². The first-order chi connectivity index (χ1) is 12.7. The fraction of sp³-hybridized carbons (Fsp3) is 0.550. The minimum atomic E-state index is -0.255. The summed E-state index contributed by atoms with van der Waals surface area (Å²) in [6, 6.07) is 6.86. The largest absolute Gasteiger partial charge is 0.355 e. The Labute approximate surface area is 158 Å². The van der Waals surface area contributed by atoms with Gasteiger partial charge in [-0.25, -0.2) is 0 Å². The van der Waals surface area contributed by atoms with E-state index in [1.165, 1.54) is 37.0 Å². The first-order valence-electron chi connectivity index (χ1n) is 9.50. The van der Waals surface area contributed by atoms with E-state index in [1.807, 2.05) is 11.8 Å². The smallest absolute Gasteiger partial charge is 0.261 e. The second-order valence-corrected chi connectivity index (χ2v) is 8.30. The van der Waals surface area contributed by atoms with Gasteiger partial charge in [0.05, 0.1) is 11.1 Å². The van der Waals surface area contributed by atoms with Crippen molar-refractivity contribution < 1.29 is 14.4 Å². The molecule has 1 aliphatic heterocycles. The standard InChI is InChI=1S/C20H26N2O3S/c23-18(21-12-14-26-15-7-2-1-3-8-15)11-6-13-22-19(24)16-9-4-5-10-17(16)20(22)25/h4-5,9-10,15H,1-3,6-8,11-14H2,(H,21,23). The fourth-order valence-electron chi connectivity index (χ4n) is 3.58. The highest BCUT2D eigenvalue weighted by Crippen LogP contribution is 2.27. The summed E-state index contributed by atoms with van der Waals surface area (Å²) < 4.78 is 0. The molecule has 0 radical (unpaired) electrons. The Kier molecular flexibility index (Phi) is 6.72. The summed E-state index contributed by atoms with van der Waals surface area (Å²) in [5.74, 6) is 0.435. The van der Waals surface area contributed by atoms with Crippen molar-refractivity contribution in [2.75, 3.05) is 18.8 Å². The van der Waals surface area contributed by atoms with Crippen LogP contribution in [0, 0.1) is 0 Å². The number of nitrogens with zero attached hydrogens (tertiary/aromatic N) is 1. The Morgan fingerprint density at radius 2 is 1.73 bits per heavy atom. The topological polar surface area (TPSA) is 66.5 Å². The van der Waals surface area contributed by atoms with Gasteiger partial charge in [-0.3, -0.25) is 19.3 Å². The van der Waals surface area contributed by atoms with Crippen LogP contribution in [0.25, 0.3) is 0 Å². The summed E-state index contributed by atoms with van der Waals surface area (Å²) in [7, 11) is 0. The molecule has 6 heteroatoms. The zero-order chi connectivity index (χ0) is 18.4. The molecule has 3 amide bonds. The van der Waals surface area contributed by atoms with Gasteiger partial charge in [0.15, 0.2) is 0 Å². The summed E-state index contributed by atoms with van der Waals surface area (Å²) in [5, 5.41) is 3.70. The normalized spacial score (nSPS) is 17.5. The number of imide groups is 1. The van der Waals surface area contributed by atoms with Gasteiger partial charge in [-0.05, 0) is 31.4 Å². The van der Waals surface area contributed by atoms with Crippen molar-refractivity contribution in [1.29, 1.82) is 0 Å². The van der Waals surface area contributed by atoms with Gasteiger partial charge < -0.3 is 5.32 Å². The van der Waals surface area contributed by atoms with Gasteiger partial charge in [-0.15, -0.1) is 0 Å². The molecule has 2 aliphatic rings. The molecule has 0 atom stereocenters. The van der Waals surface area contributed by atoms with Crippen molar-refractivity contribution in [3.63, 3.8) is 0 Å². The molecule has 0 bridgehead atoms. The van der Waals surface area contributed by atoms with Crippen LogP contribution in [0.15, 0.2) is 24.3 Å². The average Bonchev–Trinajstić information content (AvgIpc) is 2.91. The van der Waals surface area contributed by atoms with E-state index in [0.717, 1.165) is 11.0 Å². The Morgan fingerprint density at radius 3 is 2.38 bits per heavy atom. The molecule has 1 heterocycles. The van der Waals surface area contributed by atoms with Crippen LogP contribution in [0.5, 0.6) is 0 Å². The number of hydrogen-bond acceptors (Lipinski definition) is 4. The van der Waals surface area contributed by atoms with Crippen LogP contribution in [0.3, 0.4) is 0 Å². The minimum absolute atomic E-state index is 0.00847. The van der Waals surface area contributed by atoms with Crippen molar-refractivity contribution >= 4 is 29.5 Å². The molecule has 5 nitrogen and oxygen atoms in total. The highest BCUT2D eigenvalue weighted by molar-refractivity contribution is 7.99. The zero-order valence-electron chi connectivity index (χ0n) is 15.0. The lowest BCUT2D eigenvalue weighted by Crippen LogP contribution is -2.32. The molecule has 1 aliphatic carbocycles. The van der Waals surface area contributed by atoms with Crippen LogP contribution in [0.4, 0.5) is 0 Å². The van der Waals surface area contributed by atoms with Gasteiger partial charge in [0.25, 0.3) is 11.8 Å². The molecule has 0 unspecified atom stereocenters. The van der Waals surface area contributed by atoms with E-state index in [-0.39, 0.29) is 24.3 Å². The third-order valence-electron chi connectivity index (χ3n) is 4.99. The molecular formula is C20H26N2O3S. The maximum Gasteiger partial charge on any atom is 0.261 e. The molecular weight excluding hydrogens is 348 g/mol. The molecule has 1 N–H and O–H groups in total. The van der Waals surface area contributed by atoms with Gasteiger partial charge in [0, 0.05) is 30.5 Å². The zero-order valence-corrected chi connectivity index (χ0v) is 15.9. The minimum Gasteiger partial charge on any atom is -0.355 e. The lowest BCUT2D eigenvalue weighted by molar-refractivity contribution is -0.121. The number of amides is 3. The van der Waals surface area contributed by atoms with E-state index >= 15 is 0 Å². The number of benzene rings is 1. The van der Waals surface area contributed by atoms with E-state index in [2.05, 4.69) is 5.32 Å². The first-order valence-corrected chi connectivity index (χ1v) is 10.5. The molecule has 0 saturated heterocycles. The van der Waals surface area contributed by atoms with Gasteiger partial charge >= 0.3 is 0 Å². The number of thioether (sulfide) groups is 1. The summed E-state index contributed by atoms with van der Waals surface area (Å²) in [4.78, 5) is 37.7. The van der Waals surface area contributed by atoms with E-state index in [0.29, 0.717) is 30.5 Å². The SMILES string of the molecule is O=C(CCCN1C(=O)c2ccccc2C1=O)NCCSC1CCCCC1. The fourth-order valence-corrected chi connectivity index (χ4v) is 4.80. The Morgan fingerprint density at radius 1 is 1.08 bits per heavy atom. The maximum absolute atomic E-state index is 12.2. The van der Waals surface area contributed by atoms with Crippen molar-refractivity contribution in [2.45, 2.75) is 50.2 Å². The Bertz CT molecular complexity index is 636. The number of carbonyl (C=O) groups is 3. The average molecular weight is 375 g/mol. The summed E-state index contributed by atoms with van der Waals surface area (Å²) in [5.41, 5.74) is 0.920. The van der Waals surface area contributed by atoms with Crippen molar-refractivity contribution in [1.82, 2.24) is 10.2 Å². The second kappa shape index (κ2) is 9.21. The van der Waals surface area contributed by atoms with Crippen LogP contribution < -0.4 is 5.32 Å². The third-order valence-corrected chi connectivity index (χ3v) is 6.38. The maximum atomic E-state index is 12.2. The summed E-state index contributed by atoms with van der Waals surface area (Å²) in [6.45, 7) is 0.976. The molecule has 1 fully saturated rings. The quantitative estimate of drug-likeness (QED) is 0.560. The lowest BCUT2D eigenvalue weighted by atomic mass is 10.0. The van der Waals surface area contributed by atoms with Crippen LogP contribution in [0.1, 0.15) is 65.7 Å². The van der Waals surface area contributed by atoms with Gasteiger partial charge in [-0.1, -0.05) is 31.4 Å². The third kappa shape index (κ3) is 4.67. The molecule has 3 rings (SSSR count). The van der Waals surface area contributed by atoms with Crippen LogP contribution in [-0.4, -0.2) is 46.7 Å². The first kappa shape index (κ1) is 19.0. The number of nitrogens with one attached hydrogen (secondary N) is 1. The molecule has 0 aromatic heterocycles. The highest BCUT2D eigenvalue weighted by Gasteiger charge is 2.34. The molecule has 1 saturated carbocycles. The molecule has 0 spiro atoms. The van der Waals surface area contributed by atoms with E-state index in [4.69, 9.17) is 0 Å². The monoisotopic (exact) mass is 374 g/mol. The highest BCUT2D eigenvalue weighted by atomic mass is 32.2. The predicted molar refractivity (Wildman–Crippen MR) is 103 cm³/mol. The van der Waals surface area contributed by atoms with E-state index in [9.17, 15) is 14.4 Å². The van der Waals surface area contributed by atoms with Crippen molar-refractivity contribution in [2.24, 2.45) is 0 Å². The second-order valence-electron chi connectivity index (χ2n) is 6.89. The molecule has 1 aromatic rings. The van der Waals surface area contributed by atoms with Crippen molar-refractivity contribution in [3.8, 4) is 0 Å². The number of hydrogen-bond donors (Lipinski definition) is 1. The van der Waals surface area contributed by atoms with Gasteiger partial charge in [0.1, 0.15) is 0 Å². The predicted octanol–water partition coefficient (Wildman–Crippen LogP) is 3.24. The summed E-state index contributed by atoms with van der Waals surface area (Å²) >= 11 is 1.96. The van der Waals surface area contributed by atoms with Gasteiger partial charge in [-0.2, -0.15) is 11.8 Å². The summed E-state index contributed by atoms with van der Waals surface area (Å²) in [6.07, 6.45) is 7.47. The van der Waals surface area contributed by atoms with Crippen LogP contribution in [0.2, 0.25) is 0 Å². The number of rotatable bonds is 8. The number of fused-ring (bicyclic) bond motifs is 1. The van der Waals surface area contributed by atoms with Crippen LogP contribution in [-0.2, 0) is 4.79 Å². The molecule has 140 valence electrons. The van der Waals surface area contributed by atoms with Gasteiger partial charge in [0.2, 0.25) is 5.91 Å². The molecule has 26 heavy (non-hydrogen) atoms. The van der Waals surface area contributed by atoms with Crippen LogP contribution >= 0.6 is 11.8 Å².